The van der Waals surface area contributed by atoms with Crippen LogP contribution in [0.4, 0.5) is 0 Å². The molecule has 0 saturated carbocycles. The van der Waals surface area contributed by atoms with Gasteiger partial charge in [-0.2, -0.15) is 4.68 Å². The molecule has 0 unspecified atom stereocenters. The van der Waals surface area contributed by atoms with Crippen molar-refractivity contribution >= 4 is 22.7 Å². The number of aromatic hydroxyl groups is 1. The normalized spacial score (nSPS) is 11.2. The maximum Gasteiger partial charge on any atom is 0.336 e. The molecule has 2 aromatic carbocycles. The molecule has 0 aliphatic carbocycles. The number of tetrazole rings is 1. The molecule has 0 aliphatic heterocycles. The molecule has 0 aliphatic rings. The molecule has 4 aromatic rings. The van der Waals surface area contributed by atoms with Crippen LogP contribution in [-0.2, 0) is 5.75 Å². The fraction of sp³-hybridized carbons (Fsp3) is 0.158. The molecule has 27 heavy (non-hydrogen) atoms. The van der Waals surface area contributed by atoms with E-state index in [0.29, 0.717) is 16.5 Å². The van der Waals surface area contributed by atoms with Gasteiger partial charge in [0, 0.05) is 23.3 Å². The van der Waals surface area contributed by atoms with Crippen molar-refractivity contribution in [2.75, 3.05) is 0 Å². The molecular weight excluding hydrogens is 364 g/mol. The molecule has 7 nitrogen and oxygen atoms in total. The first-order chi connectivity index (χ1) is 13.0. The van der Waals surface area contributed by atoms with E-state index in [1.165, 1.54) is 23.9 Å². The van der Waals surface area contributed by atoms with Gasteiger partial charge in [0.25, 0.3) is 0 Å². The van der Waals surface area contributed by atoms with E-state index < -0.39 is 5.63 Å². The average molecular weight is 380 g/mol. The molecule has 0 saturated heterocycles. The van der Waals surface area contributed by atoms with E-state index in [-0.39, 0.29) is 5.75 Å². The lowest BCUT2D eigenvalue weighted by atomic mass is 10.1. The van der Waals surface area contributed by atoms with Gasteiger partial charge in [-0.25, -0.2) is 4.79 Å². The summed E-state index contributed by atoms with van der Waals surface area (Å²) in [5.41, 5.74) is 3.79. The van der Waals surface area contributed by atoms with Crippen LogP contribution in [0, 0.1) is 13.8 Å². The minimum absolute atomic E-state index is 0.0503. The standard InChI is InChI=1S/C19H16N4O3S/c1-11-3-4-12(2)16(7-11)23-19(20-21-22-23)27-10-13-8-18(25)26-17-9-14(24)5-6-15(13)17/h3-9,24H,10H2,1-2H3. The summed E-state index contributed by atoms with van der Waals surface area (Å²) in [5.74, 6) is 0.535. The third-order valence-corrected chi connectivity index (χ3v) is 5.17. The van der Waals surface area contributed by atoms with Crippen molar-refractivity contribution in [3.63, 3.8) is 0 Å². The summed E-state index contributed by atoms with van der Waals surface area (Å²) >= 11 is 1.43. The lowest BCUT2D eigenvalue weighted by molar-refractivity contribution is 0.473. The Morgan fingerprint density at radius 2 is 2.00 bits per heavy atom. The summed E-state index contributed by atoms with van der Waals surface area (Å²) in [6.45, 7) is 4.03. The fourth-order valence-corrected chi connectivity index (χ4v) is 3.72. The summed E-state index contributed by atoms with van der Waals surface area (Å²) in [6, 6.07) is 12.3. The first-order valence-corrected chi connectivity index (χ1v) is 9.24. The van der Waals surface area contributed by atoms with Gasteiger partial charge in [0.2, 0.25) is 5.16 Å². The first-order valence-electron chi connectivity index (χ1n) is 8.26. The van der Waals surface area contributed by atoms with Crippen LogP contribution in [0.5, 0.6) is 5.75 Å². The Morgan fingerprint density at radius 3 is 2.85 bits per heavy atom. The number of hydrogen-bond donors (Lipinski definition) is 1. The van der Waals surface area contributed by atoms with Crippen molar-refractivity contribution in [3.8, 4) is 11.4 Å². The van der Waals surface area contributed by atoms with E-state index in [1.54, 1.807) is 16.8 Å². The first kappa shape index (κ1) is 17.3. The van der Waals surface area contributed by atoms with Crippen LogP contribution >= 0.6 is 11.8 Å². The molecule has 4 rings (SSSR count). The van der Waals surface area contributed by atoms with Gasteiger partial charge in [-0.3, -0.25) is 0 Å². The van der Waals surface area contributed by atoms with Crippen molar-refractivity contribution in [1.82, 2.24) is 20.2 Å². The molecule has 0 spiro atoms. The smallest absolute Gasteiger partial charge is 0.336 e. The Balaban J connectivity index is 1.68. The molecule has 8 heteroatoms. The van der Waals surface area contributed by atoms with Crippen molar-refractivity contribution in [2.24, 2.45) is 0 Å². The van der Waals surface area contributed by atoms with Gasteiger partial charge in [-0.15, -0.1) is 5.10 Å². The Kier molecular flexibility index (Phi) is 4.41. The van der Waals surface area contributed by atoms with Gasteiger partial charge in [-0.05, 0) is 59.2 Å². The highest BCUT2D eigenvalue weighted by atomic mass is 32.2. The highest BCUT2D eigenvalue weighted by Gasteiger charge is 2.13. The number of phenols is 1. The molecule has 136 valence electrons. The Hall–Kier alpha value is -3.13. The van der Waals surface area contributed by atoms with Crippen molar-refractivity contribution in [1.29, 1.82) is 0 Å². The second kappa shape index (κ2) is 6.88. The van der Waals surface area contributed by atoms with Crippen LogP contribution in [0.1, 0.15) is 16.7 Å². The highest BCUT2D eigenvalue weighted by Crippen LogP contribution is 2.28. The number of aryl methyl sites for hydroxylation is 2. The third-order valence-electron chi connectivity index (χ3n) is 4.20. The number of nitrogens with zero attached hydrogens (tertiary/aromatic N) is 4. The van der Waals surface area contributed by atoms with E-state index in [1.807, 2.05) is 32.0 Å². The molecule has 0 amide bonds. The fourth-order valence-electron chi connectivity index (χ4n) is 2.85. The number of thioether (sulfide) groups is 1. The van der Waals surface area contributed by atoms with Crippen LogP contribution in [0.15, 0.2) is 56.8 Å². The van der Waals surface area contributed by atoms with Gasteiger partial charge >= 0.3 is 5.63 Å². The number of phenolic OH excluding ortho intramolecular Hbond substituents is 1. The van der Waals surface area contributed by atoms with Gasteiger partial charge in [0.15, 0.2) is 0 Å². The molecule has 2 aromatic heterocycles. The van der Waals surface area contributed by atoms with Gasteiger partial charge in [0.1, 0.15) is 11.3 Å². The van der Waals surface area contributed by atoms with Crippen molar-refractivity contribution < 1.29 is 9.52 Å². The lowest BCUT2D eigenvalue weighted by Gasteiger charge is -2.09. The average Bonchev–Trinajstić information content (AvgIpc) is 3.09. The Bertz CT molecular complexity index is 1200. The SMILES string of the molecule is Cc1ccc(C)c(-n2nnnc2SCc2cc(=O)oc3cc(O)ccc23)c1. The maximum absolute atomic E-state index is 11.8. The summed E-state index contributed by atoms with van der Waals surface area (Å²) in [4.78, 5) is 11.8. The van der Waals surface area contributed by atoms with Crippen LogP contribution in [0.2, 0.25) is 0 Å². The topological polar surface area (TPSA) is 94.0 Å². The molecule has 0 atom stereocenters. The second-order valence-corrected chi connectivity index (χ2v) is 7.17. The van der Waals surface area contributed by atoms with Crippen molar-refractivity contribution in [3.05, 3.63) is 69.6 Å². The predicted molar refractivity (Wildman–Crippen MR) is 102 cm³/mol. The van der Waals surface area contributed by atoms with Crippen LogP contribution in [-0.4, -0.2) is 25.3 Å². The number of fused-ring (bicyclic) bond motifs is 1. The highest BCUT2D eigenvalue weighted by molar-refractivity contribution is 7.98. The largest absolute Gasteiger partial charge is 0.508 e. The number of rotatable bonds is 4. The monoisotopic (exact) mass is 380 g/mol. The predicted octanol–water partition coefficient (Wildman–Crippen LogP) is 3.38. The van der Waals surface area contributed by atoms with Crippen LogP contribution < -0.4 is 5.63 Å². The van der Waals surface area contributed by atoms with Crippen molar-refractivity contribution in [2.45, 2.75) is 24.8 Å². The summed E-state index contributed by atoms with van der Waals surface area (Å²) in [6.07, 6.45) is 0. The van der Waals surface area contributed by atoms with Crippen LogP contribution in [0.25, 0.3) is 16.7 Å². The molecule has 0 bridgehead atoms. The second-order valence-electron chi connectivity index (χ2n) is 6.22. The number of hydrogen-bond acceptors (Lipinski definition) is 7. The van der Waals surface area contributed by atoms with E-state index in [9.17, 15) is 9.90 Å². The number of aromatic nitrogens is 4. The summed E-state index contributed by atoms with van der Waals surface area (Å²) < 4.78 is 6.87. The van der Waals surface area contributed by atoms with E-state index in [2.05, 4.69) is 15.5 Å². The molecule has 0 fully saturated rings. The number of benzene rings is 2. The minimum atomic E-state index is -0.460. The molecule has 2 heterocycles. The quantitative estimate of drug-likeness (QED) is 0.428. The third kappa shape index (κ3) is 3.43. The van der Waals surface area contributed by atoms with E-state index in [0.717, 1.165) is 27.8 Å². The van der Waals surface area contributed by atoms with E-state index >= 15 is 0 Å². The zero-order chi connectivity index (χ0) is 19.0. The maximum atomic E-state index is 11.8. The van der Waals surface area contributed by atoms with E-state index in [4.69, 9.17) is 4.42 Å². The minimum Gasteiger partial charge on any atom is -0.508 e. The summed E-state index contributed by atoms with van der Waals surface area (Å²) in [5, 5.41) is 23.0. The zero-order valence-electron chi connectivity index (χ0n) is 14.7. The van der Waals surface area contributed by atoms with Gasteiger partial charge < -0.3 is 9.52 Å². The summed E-state index contributed by atoms with van der Waals surface area (Å²) in [7, 11) is 0. The Labute approximate surface area is 158 Å². The molecule has 0 radical (unpaired) electrons. The van der Waals surface area contributed by atoms with Gasteiger partial charge in [-0.1, -0.05) is 23.9 Å². The van der Waals surface area contributed by atoms with Gasteiger partial charge in [0.05, 0.1) is 5.69 Å². The lowest BCUT2D eigenvalue weighted by Crippen LogP contribution is -2.03. The molecule has 1 N–H and O–H groups in total. The van der Waals surface area contributed by atoms with Crippen LogP contribution in [0.3, 0.4) is 0 Å². The zero-order valence-corrected chi connectivity index (χ0v) is 15.5. The molecular formula is C19H16N4O3S. The Morgan fingerprint density at radius 1 is 1.15 bits per heavy atom.